The molecular weight excluding hydrogens is 646 g/mol. The number of hydrogen-bond donors (Lipinski definition) is 1. The summed E-state index contributed by atoms with van der Waals surface area (Å²) in [5.41, 5.74) is 0. The summed E-state index contributed by atoms with van der Waals surface area (Å²) >= 11 is 0. The summed E-state index contributed by atoms with van der Waals surface area (Å²) in [5, 5.41) is 9.60. The molecule has 51 heavy (non-hydrogen) atoms. The van der Waals surface area contributed by atoms with E-state index in [1.54, 1.807) is 0 Å². The predicted molar refractivity (Wildman–Crippen MR) is 208 cm³/mol. The van der Waals surface area contributed by atoms with Crippen LogP contribution in [0, 0.1) is 0 Å². The Balaban J connectivity index is 4.45. The predicted octanol–water partition coefficient (Wildman–Crippen LogP) is 10.6. The van der Waals surface area contributed by atoms with Gasteiger partial charge in [-0.3, -0.25) is 9.59 Å². The van der Waals surface area contributed by atoms with Crippen molar-refractivity contribution in [3.63, 3.8) is 0 Å². The van der Waals surface area contributed by atoms with Gasteiger partial charge in [-0.25, -0.2) is 4.79 Å². The Hall–Kier alpha value is -1.71. The maximum atomic E-state index is 12.7. The van der Waals surface area contributed by atoms with Crippen LogP contribution >= 0.6 is 0 Å². The molecule has 0 heterocycles. The van der Waals surface area contributed by atoms with Gasteiger partial charge in [0.25, 0.3) is 6.29 Å². The second kappa shape index (κ2) is 35.3. The van der Waals surface area contributed by atoms with E-state index >= 15 is 0 Å². The Bertz CT molecular complexity index is 815. The van der Waals surface area contributed by atoms with Crippen LogP contribution in [0.4, 0.5) is 0 Å². The summed E-state index contributed by atoms with van der Waals surface area (Å²) in [5.74, 6) is -1.99. The highest BCUT2D eigenvalue weighted by molar-refractivity contribution is 5.71. The first-order valence-corrected chi connectivity index (χ1v) is 21.2. The molecule has 0 aliphatic carbocycles. The highest BCUT2D eigenvalue weighted by Crippen LogP contribution is 2.15. The van der Waals surface area contributed by atoms with Gasteiger partial charge in [0.1, 0.15) is 13.2 Å². The lowest BCUT2D eigenvalue weighted by atomic mass is 10.0. The average Bonchev–Trinajstić information content (AvgIpc) is 3.08. The Morgan fingerprint density at radius 1 is 0.510 bits per heavy atom. The van der Waals surface area contributed by atoms with E-state index in [-0.39, 0.29) is 32.2 Å². The number of carboxylic acids is 1. The number of nitrogens with zero attached hydrogens (tertiary/aromatic N) is 1. The van der Waals surface area contributed by atoms with Crippen LogP contribution in [0.3, 0.4) is 0 Å². The molecule has 0 aromatic carbocycles. The number of carbonyl (C=O) groups is 3. The summed E-state index contributed by atoms with van der Waals surface area (Å²) < 4.78 is 22.7. The van der Waals surface area contributed by atoms with Crippen molar-refractivity contribution in [3.8, 4) is 0 Å². The third kappa shape index (κ3) is 36.4. The Morgan fingerprint density at radius 2 is 0.882 bits per heavy atom. The lowest BCUT2D eigenvalue weighted by Crippen LogP contribution is -2.40. The molecule has 0 aliphatic rings. The zero-order chi connectivity index (χ0) is 37.8. The van der Waals surface area contributed by atoms with E-state index in [4.69, 9.17) is 18.9 Å². The fourth-order valence-electron chi connectivity index (χ4n) is 6.01. The fourth-order valence-corrected chi connectivity index (χ4v) is 6.01. The summed E-state index contributed by atoms with van der Waals surface area (Å²) in [7, 11) is 5.96. The van der Waals surface area contributed by atoms with Crippen molar-refractivity contribution >= 4 is 17.9 Å². The normalized spacial score (nSPS) is 12.9. The van der Waals surface area contributed by atoms with E-state index in [1.807, 2.05) is 21.1 Å². The van der Waals surface area contributed by atoms with E-state index < -0.39 is 24.3 Å². The molecule has 9 heteroatoms. The standard InChI is InChI=1S/C42H81NO8/c1-6-8-10-12-14-16-18-20-22-24-26-28-30-32-39(44)49-36-38(37-50-42(41(46)47)48-35-34-43(3,4)5)51-40(45)33-31-29-27-25-23-21-19-17-15-13-11-9-7-2/h38,42H,6-37H2,1-5H3/p+1. The van der Waals surface area contributed by atoms with Gasteiger partial charge in [0.15, 0.2) is 6.10 Å². The molecule has 302 valence electrons. The SMILES string of the molecule is CCCCCCCCCCCCCCCC(=O)OCC(COC(OCC[N+](C)(C)C)C(=O)O)OC(=O)CCCCCCCCCCCCCCC. The van der Waals surface area contributed by atoms with Crippen LogP contribution in [0.5, 0.6) is 0 Å². The first kappa shape index (κ1) is 49.3. The van der Waals surface area contributed by atoms with Crippen LogP contribution in [-0.2, 0) is 33.3 Å². The van der Waals surface area contributed by atoms with Crippen molar-refractivity contribution in [1.82, 2.24) is 0 Å². The van der Waals surface area contributed by atoms with Gasteiger partial charge in [-0.15, -0.1) is 0 Å². The molecule has 2 atom stereocenters. The smallest absolute Gasteiger partial charge is 0.361 e. The molecule has 0 aromatic rings. The van der Waals surface area contributed by atoms with E-state index in [0.29, 0.717) is 17.4 Å². The third-order valence-corrected chi connectivity index (χ3v) is 9.36. The van der Waals surface area contributed by atoms with Gasteiger partial charge in [0, 0.05) is 12.8 Å². The lowest BCUT2D eigenvalue weighted by Gasteiger charge is -2.25. The molecule has 0 spiro atoms. The van der Waals surface area contributed by atoms with Crippen molar-refractivity contribution in [2.24, 2.45) is 0 Å². The van der Waals surface area contributed by atoms with E-state index in [2.05, 4.69) is 13.8 Å². The molecule has 0 aliphatic heterocycles. The molecule has 0 saturated carbocycles. The molecule has 0 aromatic heterocycles. The zero-order valence-corrected chi connectivity index (χ0v) is 34.0. The number of carbonyl (C=O) groups excluding carboxylic acids is 2. The number of rotatable bonds is 39. The van der Waals surface area contributed by atoms with E-state index in [1.165, 1.54) is 128 Å². The van der Waals surface area contributed by atoms with Crippen LogP contribution in [0.15, 0.2) is 0 Å². The number of quaternary nitrogens is 1. The minimum atomic E-state index is -1.50. The molecule has 9 nitrogen and oxygen atoms in total. The lowest BCUT2D eigenvalue weighted by molar-refractivity contribution is -0.870. The topological polar surface area (TPSA) is 108 Å². The van der Waals surface area contributed by atoms with Crippen LogP contribution in [0.1, 0.15) is 194 Å². The number of ether oxygens (including phenoxy) is 4. The maximum Gasteiger partial charge on any atom is 0.361 e. The van der Waals surface area contributed by atoms with Gasteiger partial charge in [-0.1, -0.05) is 168 Å². The van der Waals surface area contributed by atoms with Crippen LogP contribution < -0.4 is 0 Å². The monoisotopic (exact) mass is 729 g/mol. The number of likely N-dealkylation sites (N-methyl/N-ethyl adjacent to an activating group) is 1. The van der Waals surface area contributed by atoms with Gasteiger partial charge < -0.3 is 28.5 Å². The van der Waals surface area contributed by atoms with Crippen LogP contribution in [0.2, 0.25) is 0 Å². The van der Waals surface area contributed by atoms with Gasteiger partial charge in [0.2, 0.25) is 0 Å². The Kier molecular flexibility index (Phi) is 34.1. The summed E-state index contributed by atoms with van der Waals surface area (Å²) in [6, 6.07) is 0. The highest BCUT2D eigenvalue weighted by Gasteiger charge is 2.25. The number of unbranched alkanes of at least 4 members (excludes halogenated alkanes) is 24. The molecule has 0 rings (SSSR count). The Morgan fingerprint density at radius 3 is 1.25 bits per heavy atom. The number of esters is 2. The van der Waals surface area contributed by atoms with Gasteiger partial charge in [-0.05, 0) is 12.8 Å². The van der Waals surface area contributed by atoms with Crippen molar-refractivity contribution in [1.29, 1.82) is 0 Å². The summed E-state index contributed by atoms with van der Waals surface area (Å²) in [4.78, 5) is 37.0. The van der Waals surface area contributed by atoms with Crippen molar-refractivity contribution in [2.75, 3.05) is 47.5 Å². The largest absolute Gasteiger partial charge is 0.477 e. The van der Waals surface area contributed by atoms with Gasteiger partial charge in [-0.2, -0.15) is 0 Å². The van der Waals surface area contributed by atoms with Crippen molar-refractivity contribution < 1.29 is 42.9 Å². The minimum Gasteiger partial charge on any atom is -0.477 e. The first-order chi connectivity index (χ1) is 24.6. The molecule has 2 unspecified atom stereocenters. The Labute approximate surface area is 313 Å². The first-order valence-electron chi connectivity index (χ1n) is 21.2. The van der Waals surface area contributed by atoms with E-state index in [0.717, 1.165) is 38.5 Å². The number of hydrogen-bond acceptors (Lipinski definition) is 7. The van der Waals surface area contributed by atoms with Crippen molar-refractivity contribution in [3.05, 3.63) is 0 Å². The van der Waals surface area contributed by atoms with Gasteiger partial charge in [0.05, 0.1) is 34.4 Å². The highest BCUT2D eigenvalue weighted by atomic mass is 16.7. The number of carboxylic acid groups (broad SMARTS) is 1. The molecule has 0 saturated heterocycles. The number of aliphatic carboxylic acids is 1. The third-order valence-electron chi connectivity index (χ3n) is 9.36. The second-order valence-electron chi connectivity index (χ2n) is 15.7. The minimum absolute atomic E-state index is 0.174. The van der Waals surface area contributed by atoms with Gasteiger partial charge >= 0.3 is 17.9 Å². The molecule has 0 bridgehead atoms. The average molecular weight is 729 g/mol. The van der Waals surface area contributed by atoms with Crippen LogP contribution in [0.25, 0.3) is 0 Å². The molecule has 1 N–H and O–H groups in total. The summed E-state index contributed by atoms with van der Waals surface area (Å²) in [6.07, 6.45) is 30.1. The quantitative estimate of drug-likeness (QED) is 0.0288. The summed E-state index contributed by atoms with van der Waals surface area (Å²) in [6.45, 7) is 4.88. The van der Waals surface area contributed by atoms with E-state index in [9.17, 15) is 19.5 Å². The maximum absolute atomic E-state index is 12.7. The van der Waals surface area contributed by atoms with Crippen LogP contribution in [-0.4, -0.2) is 87.4 Å². The zero-order valence-electron chi connectivity index (χ0n) is 34.0. The molecular formula is C42H82NO8+. The fraction of sp³-hybridized carbons (Fsp3) is 0.929. The molecule has 0 radical (unpaired) electrons. The second-order valence-corrected chi connectivity index (χ2v) is 15.7. The molecule has 0 fully saturated rings. The van der Waals surface area contributed by atoms with Crippen molar-refractivity contribution in [2.45, 2.75) is 206 Å². The molecule has 0 amide bonds.